The summed E-state index contributed by atoms with van der Waals surface area (Å²) in [6, 6.07) is 0. The summed E-state index contributed by atoms with van der Waals surface area (Å²) in [4.78, 5) is 22.5. The van der Waals surface area contributed by atoms with Crippen molar-refractivity contribution in [1.29, 1.82) is 0 Å². The molecule has 2 N–H and O–H groups in total. The van der Waals surface area contributed by atoms with E-state index in [4.69, 9.17) is 9.47 Å². The summed E-state index contributed by atoms with van der Waals surface area (Å²) in [7, 11) is 1.63. The third-order valence-electron chi connectivity index (χ3n) is 3.32. The van der Waals surface area contributed by atoms with Crippen molar-refractivity contribution in [3.63, 3.8) is 0 Å². The SMILES string of the molecule is COCCNc1ncc(C(=O)NCCN2CCOCC2)cn1. The largest absolute Gasteiger partial charge is 0.383 e. The summed E-state index contributed by atoms with van der Waals surface area (Å²) < 4.78 is 10.2. The summed E-state index contributed by atoms with van der Waals surface area (Å²) in [6.07, 6.45) is 3.04. The van der Waals surface area contributed by atoms with Crippen LogP contribution in [0.1, 0.15) is 10.4 Å². The van der Waals surface area contributed by atoms with Crippen molar-refractivity contribution in [2.75, 3.05) is 65.0 Å². The Morgan fingerprint density at radius 2 is 2.05 bits per heavy atom. The lowest BCUT2D eigenvalue weighted by atomic mass is 10.3. The molecule has 0 aromatic carbocycles. The van der Waals surface area contributed by atoms with Crippen LogP contribution in [0.3, 0.4) is 0 Å². The fraction of sp³-hybridized carbons (Fsp3) is 0.643. The number of carbonyl (C=O) groups excluding carboxylic acids is 1. The van der Waals surface area contributed by atoms with Crippen LogP contribution >= 0.6 is 0 Å². The average molecular weight is 309 g/mol. The van der Waals surface area contributed by atoms with Crippen LogP contribution < -0.4 is 10.6 Å². The van der Waals surface area contributed by atoms with Crippen molar-refractivity contribution in [1.82, 2.24) is 20.2 Å². The molecule has 0 radical (unpaired) electrons. The van der Waals surface area contributed by atoms with E-state index >= 15 is 0 Å². The van der Waals surface area contributed by atoms with Gasteiger partial charge in [0, 0.05) is 52.2 Å². The number of hydrogen-bond donors (Lipinski definition) is 2. The van der Waals surface area contributed by atoms with Crippen molar-refractivity contribution >= 4 is 11.9 Å². The van der Waals surface area contributed by atoms with E-state index in [-0.39, 0.29) is 5.91 Å². The molecule has 8 nitrogen and oxygen atoms in total. The molecule has 2 rings (SSSR count). The maximum Gasteiger partial charge on any atom is 0.254 e. The molecule has 2 heterocycles. The summed E-state index contributed by atoms with van der Waals surface area (Å²) in [5, 5.41) is 5.88. The number of methoxy groups -OCH3 is 1. The lowest BCUT2D eigenvalue weighted by Crippen LogP contribution is -2.41. The molecule has 0 unspecified atom stereocenters. The number of nitrogens with one attached hydrogen (secondary N) is 2. The monoisotopic (exact) mass is 309 g/mol. The van der Waals surface area contributed by atoms with Crippen molar-refractivity contribution in [2.45, 2.75) is 0 Å². The molecule has 1 saturated heterocycles. The molecule has 1 fully saturated rings. The number of hydrogen-bond acceptors (Lipinski definition) is 7. The van der Waals surface area contributed by atoms with Crippen molar-refractivity contribution < 1.29 is 14.3 Å². The van der Waals surface area contributed by atoms with E-state index in [1.54, 1.807) is 7.11 Å². The Bertz CT molecular complexity index is 448. The third kappa shape index (κ3) is 5.55. The molecule has 1 aliphatic rings. The second kappa shape index (κ2) is 9.29. The van der Waals surface area contributed by atoms with Gasteiger partial charge in [-0.15, -0.1) is 0 Å². The Morgan fingerprint density at radius 3 is 2.73 bits per heavy atom. The van der Waals surface area contributed by atoms with Crippen LogP contribution in [-0.4, -0.2) is 80.4 Å². The van der Waals surface area contributed by atoms with Crippen LogP contribution in [0, 0.1) is 0 Å². The first-order chi connectivity index (χ1) is 10.8. The summed E-state index contributed by atoms with van der Waals surface area (Å²) in [5.41, 5.74) is 0.458. The molecule has 1 aromatic heterocycles. The molecule has 0 bridgehead atoms. The molecule has 0 saturated carbocycles. The highest BCUT2D eigenvalue weighted by Gasteiger charge is 2.11. The Labute approximate surface area is 130 Å². The number of anilines is 1. The van der Waals surface area contributed by atoms with Crippen LogP contribution in [0.4, 0.5) is 5.95 Å². The van der Waals surface area contributed by atoms with Gasteiger partial charge in [0.1, 0.15) is 0 Å². The zero-order chi connectivity index (χ0) is 15.6. The molecule has 0 atom stereocenters. The topological polar surface area (TPSA) is 88.6 Å². The quantitative estimate of drug-likeness (QED) is 0.631. The van der Waals surface area contributed by atoms with Crippen molar-refractivity contribution in [3.8, 4) is 0 Å². The first-order valence-corrected chi connectivity index (χ1v) is 7.43. The van der Waals surface area contributed by atoms with Gasteiger partial charge in [0.25, 0.3) is 5.91 Å². The lowest BCUT2D eigenvalue weighted by Gasteiger charge is -2.26. The minimum Gasteiger partial charge on any atom is -0.383 e. The molecule has 8 heteroatoms. The predicted molar refractivity (Wildman–Crippen MR) is 82.0 cm³/mol. The first-order valence-electron chi connectivity index (χ1n) is 7.43. The van der Waals surface area contributed by atoms with E-state index in [2.05, 4.69) is 25.5 Å². The van der Waals surface area contributed by atoms with Gasteiger partial charge in [-0.3, -0.25) is 9.69 Å². The Hall–Kier alpha value is -1.77. The number of aromatic nitrogens is 2. The first kappa shape index (κ1) is 16.6. The van der Waals surface area contributed by atoms with Crippen molar-refractivity contribution in [2.24, 2.45) is 0 Å². The van der Waals surface area contributed by atoms with Gasteiger partial charge in [0.05, 0.1) is 25.4 Å². The van der Waals surface area contributed by atoms with Gasteiger partial charge in [-0.1, -0.05) is 0 Å². The number of amides is 1. The van der Waals surface area contributed by atoms with Crippen LogP contribution in [-0.2, 0) is 9.47 Å². The highest BCUT2D eigenvalue weighted by atomic mass is 16.5. The van der Waals surface area contributed by atoms with Gasteiger partial charge < -0.3 is 20.1 Å². The Kier molecular flexibility index (Phi) is 7.01. The zero-order valence-electron chi connectivity index (χ0n) is 12.9. The van der Waals surface area contributed by atoms with Gasteiger partial charge in [0.15, 0.2) is 0 Å². The van der Waals surface area contributed by atoms with Gasteiger partial charge in [-0.25, -0.2) is 9.97 Å². The number of carbonyl (C=O) groups is 1. The maximum atomic E-state index is 12.0. The minimum atomic E-state index is -0.156. The molecular weight excluding hydrogens is 286 g/mol. The van der Waals surface area contributed by atoms with E-state index in [1.165, 1.54) is 12.4 Å². The molecule has 122 valence electrons. The van der Waals surface area contributed by atoms with Crippen LogP contribution in [0.25, 0.3) is 0 Å². The third-order valence-corrected chi connectivity index (χ3v) is 3.32. The van der Waals surface area contributed by atoms with Gasteiger partial charge >= 0.3 is 0 Å². The van der Waals surface area contributed by atoms with Gasteiger partial charge in [-0.2, -0.15) is 0 Å². The molecule has 1 amide bonds. The van der Waals surface area contributed by atoms with Crippen LogP contribution in [0.5, 0.6) is 0 Å². The molecule has 22 heavy (non-hydrogen) atoms. The average Bonchev–Trinajstić information content (AvgIpc) is 2.56. The zero-order valence-corrected chi connectivity index (χ0v) is 12.9. The van der Waals surface area contributed by atoms with E-state index in [9.17, 15) is 4.79 Å². The summed E-state index contributed by atoms with van der Waals surface area (Å²) >= 11 is 0. The molecule has 1 aliphatic heterocycles. The fourth-order valence-electron chi connectivity index (χ4n) is 2.06. The second-order valence-corrected chi connectivity index (χ2v) is 4.92. The van der Waals surface area contributed by atoms with E-state index < -0.39 is 0 Å². The second-order valence-electron chi connectivity index (χ2n) is 4.92. The number of ether oxygens (including phenoxy) is 2. The number of nitrogens with zero attached hydrogens (tertiary/aromatic N) is 3. The molecule has 1 aromatic rings. The smallest absolute Gasteiger partial charge is 0.254 e. The standard InChI is InChI=1S/C14H23N5O3/c1-21-7-3-16-14-17-10-12(11-18-14)13(20)15-2-4-19-5-8-22-9-6-19/h10-11H,2-9H2,1H3,(H,15,20)(H,16,17,18). The van der Waals surface area contributed by atoms with Crippen LogP contribution in [0.2, 0.25) is 0 Å². The number of rotatable bonds is 8. The van der Waals surface area contributed by atoms with Gasteiger partial charge in [-0.05, 0) is 0 Å². The highest BCUT2D eigenvalue weighted by molar-refractivity contribution is 5.93. The Morgan fingerprint density at radius 1 is 1.32 bits per heavy atom. The maximum absolute atomic E-state index is 12.0. The minimum absolute atomic E-state index is 0.156. The molecule has 0 aliphatic carbocycles. The predicted octanol–water partition coefficient (Wildman–Crippen LogP) is -0.403. The van der Waals surface area contributed by atoms with Gasteiger partial charge in [0.2, 0.25) is 5.95 Å². The van der Waals surface area contributed by atoms with Crippen LogP contribution in [0.15, 0.2) is 12.4 Å². The van der Waals surface area contributed by atoms with E-state index in [1.807, 2.05) is 0 Å². The lowest BCUT2D eigenvalue weighted by molar-refractivity contribution is 0.0383. The number of morpholine rings is 1. The summed E-state index contributed by atoms with van der Waals surface area (Å²) in [5.74, 6) is 0.332. The molecular formula is C14H23N5O3. The fourth-order valence-corrected chi connectivity index (χ4v) is 2.06. The highest BCUT2D eigenvalue weighted by Crippen LogP contribution is 2.00. The molecule has 0 spiro atoms. The normalized spacial score (nSPS) is 15.5. The van der Waals surface area contributed by atoms with E-state index in [0.717, 1.165) is 32.8 Å². The van der Waals surface area contributed by atoms with E-state index in [0.29, 0.717) is 31.2 Å². The Balaban J connectivity index is 1.70. The van der Waals surface area contributed by atoms with Crippen molar-refractivity contribution in [3.05, 3.63) is 18.0 Å². The summed E-state index contributed by atoms with van der Waals surface area (Å²) in [6.45, 7) is 5.99.